The fourth-order valence-corrected chi connectivity index (χ4v) is 6.05. The van der Waals surface area contributed by atoms with Crippen molar-refractivity contribution in [3.8, 4) is 0 Å². The summed E-state index contributed by atoms with van der Waals surface area (Å²) in [6.07, 6.45) is 5.45. The van der Waals surface area contributed by atoms with E-state index in [1.807, 2.05) is 0 Å². The van der Waals surface area contributed by atoms with Crippen LogP contribution in [0.1, 0.15) is 53.4 Å². The SMILES string of the molecule is CC(C)C1CC2(C)CC3(C)CC1C2CC3N=C=S. The van der Waals surface area contributed by atoms with Crippen molar-refractivity contribution in [2.75, 3.05) is 0 Å². The summed E-state index contributed by atoms with van der Waals surface area (Å²) in [4.78, 5) is 4.50. The maximum atomic E-state index is 4.85. The van der Waals surface area contributed by atoms with Crippen LogP contribution in [0.2, 0.25) is 0 Å². The zero-order valence-electron chi connectivity index (χ0n) is 12.1. The number of isothiocyanates is 1. The Hall–Kier alpha value is -0.200. The van der Waals surface area contributed by atoms with Crippen molar-refractivity contribution in [1.82, 2.24) is 0 Å². The van der Waals surface area contributed by atoms with E-state index in [1.54, 1.807) is 0 Å². The lowest BCUT2D eigenvalue weighted by atomic mass is 9.49. The van der Waals surface area contributed by atoms with Gasteiger partial charge in [0, 0.05) is 0 Å². The van der Waals surface area contributed by atoms with Crippen LogP contribution < -0.4 is 0 Å². The minimum Gasteiger partial charge on any atom is -0.229 e. The molecule has 4 aliphatic carbocycles. The molecule has 100 valence electrons. The molecule has 0 aromatic carbocycles. The number of hydrogen-bond donors (Lipinski definition) is 0. The first-order valence-corrected chi connectivity index (χ1v) is 7.87. The van der Waals surface area contributed by atoms with Crippen LogP contribution in [0.4, 0.5) is 0 Å². The summed E-state index contributed by atoms with van der Waals surface area (Å²) >= 11 is 4.85. The second-order valence-electron chi connectivity index (χ2n) is 8.04. The van der Waals surface area contributed by atoms with Crippen molar-refractivity contribution >= 4 is 17.4 Å². The van der Waals surface area contributed by atoms with E-state index >= 15 is 0 Å². The molecule has 1 nitrogen and oxygen atoms in total. The summed E-state index contributed by atoms with van der Waals surface area (Å²) in [7, 11) is 0. The lowest BCUT2D eigenvalue weighted by Gasteiger charge is -2.57. The van der Waals surface area contributed by atoms with Gasteiger partial charge in [-0.15, -0.1) is 0 Å². The van der Waals surface area contributed by atoms with Gasteiger partial charge >= 0.3 is 0 Å². The second kappa shape index (κ2) is 3.90. The maximum Gasteiger partial charge on any atom is 0.0659 e. The average Bonchev–Trinajstić information content (AvgIpc) is 2.47. The van der Waals surface area contributed by atoms with Gasteiger partial charge in [-0.1, -0.05) is 27.7 Å². The van der Waals surface area contributed by atoms with Crippen LogP contribution in [0.3, 0.4) is 0 Å². The van der Waals surface area contributed by atoms with Crippen LogP contribution in [0, 0.1) is 34.5 Å². The fraction of sp³-hybridized carbons (Fsp3) is 0.938. The smallest absolute Gasteiger partial charge is 0.0659 e. The van der Waals surface area contributed by atoms with Crippen LogP contribution >= 0.6 is 12.2 Å². The molecule has 0 saturated heterocycles. The number of aliphatic imine (C=N–C) groups is 1. The van der Waals surface area contributed by atoms with E-state index in [-0.39, 0.29) is 0 Å². The third-order valence-corrected chi connectivity index (χ3v) is 6.63. The number of rotatable bonds is 2. The van der Waals surface area contributed by atoms with Crippen molar-refractivity contribution < 1.29 is 0 Å². The van der Waals surface area contributed by atoms with Crippen molar-refractivity contribution in [3.63, 3.8) is 0 Å². The van der Waals surface area contributed by atoms with Gasteiger partial charge in [0.1, 0.15) is 0 Å². The van der Waals surface area contributed by atoms with Gasteiger partial charge in [-0.2, -0.15) is 0 Å². The molecule has 4 rings (SSSR count). The molecule has 0 aromatic heterocycles. The first-order valence-electron chi connectivity index (χ1n) is 7.47. The molecule has 2 heteroatoms. The minimum atomic E-state index is 0.392. The predicted molar refractivity (Wildman–Crippen MR) is 78.8 cm³/mol. The Labute approximate surface area is 116 Å². The quantitative estimate of drug-likeness (QED) is 0.525. The molecule has 4 fully saturated rings. The third-order valence-electron chi connectivity index (χ3n) is 6.52. The predicted octanol–water partition coefficient (Wildman–Crippen LogP) is 4.58. The number of fused-ring (bicyclic) bond motifs is 1. The average molecular weight is 263 g/mol. The lowest BCUT2D eigenvalue weighted by molar-refractivity contribution is -0.0591. The summed E-state index contributed by atoms with van der Waals surface area (Å²) in [6.45, 7) is 9.83. The van der Waals surface area contributed by atoms with E-state index in [9.17, 15) is 0 Å². The van der Waals surface area contributed by atoms with Gasteiger partial charge in [0.2, 0.25) is 0 Å². The lowest BCUT2D eigenvalue weighted by Crippen LogP contribution is -2.52. The van der Waals surface area contributed by atoms with Crippen molar-refractivity contribution in [3.05, 3.63) is 0 Å². The van der Waals surface area contributed by atoms with Gasteiger partial charge in [-0.25, -0.2) is 4.99 Å². The molecular weight excluding hydrogens is 238 g/mol. The van der Waals surface area contributed by atoms with Gasteiger partial charge < -0.3 is 0 Å². The molecule has 4 aliphatic rings. The van der Waals surface area contributed by atoms with Crippen molar-refractivity contribution in [2.24, 2.45) is 39.5 Å². The Balaban J connectivity index is 1.96. The molecule has 0 amide bonds. The number of hydrogen-bond acceptors (Lipinski definition) is 2. The zero-order valence-corrected chi connectivity index (χ0v) is 12.9. The third kappa shape index (κ3) is 1.58. The molecule has 4 bridgehead atoms. The van der Waals surface area contributed by atoms with E-state index in [0.29, 0.717) is 16.9 Å². The molecule has 4 saturated carbocycles. The highest BCUT2D eigenvalue weighted by molar-refractivity contribution is 7.78. The minimum absolute atomic E-state index is 0.392. The highest BCUT2D eigenvalue weighted by atomic mass is 32.1. The number of nitrogens with zero attached hydrogens (tertiary/aromatic N) is 1. The first kappa shape index (κ1) is 12.8. The second-order valence-corrected chi connectivity index (χ2v) is 8.23. The molecule has 0 radical (unpaired) electrons. The van der Waals surface area contributed by atoms with Crippen LogP contribution in [-0.4, -0.2) is 11.2 Å². The van der Waals surface area contributed by atoms with Crippen LogP contribution in [0.15, 0.2) is 4.99 Å². The van der Waals surface area contributed by atoms with Gasteiger partial charge in [0.05, 0.1) is 11.2 Å². The molecule has 6 atom stereocenters. The highest BCUT2D eigenvalue weighted by Crippen LogP contribution is 2.70. The maximum absolute atomic E-state index is 4.85. The highest BCUT2D eigenvalue weighted by Gasteiger charge is 2.64. The van der Waals surface area contributed by atoms with E-state index in [1.165, 1.54) is 25.7 Å². The molecule has 0 spiro atoms. The normalized spacial score (nSPS) is 53.6. The largest absolute Gasteiger partial charge is 0.229 e. The van der Waals surface area contributed by atoms with E-state index < -0.39 is 0 Å². The van der Waals surface area contributed by atoms with Crippen molar-refractivity contribution in [2.45, 2.75) is 59.4 Å². The Morgan fingerprint density at radius 2 is 1.94 bits per heavy atom. The molecule has 0 aromatic rings. The van der Waals surface area contributed by atoms with E-state index in [0.717, 1.165) is 23.7 Å². The van der Waals surface area contributed by atoms with E-state index in [2.05, 4.69) is 37.8 Å². The Morgan fingerprint density at radius 3 is 2.50 bits per heavy atom. The van der Waals surface area contributed by atoms with Crippen LogP contribution in [-0.2, 0) is 0 Å². The monoisotopic (exact) mass is 263 g/mol. The fourth-order valence-electron chi connectivity index (χ4n) is 5.93. The van der Waals surface area contributed by atoms with Crippen LogP contribution in [0.25, 0.3) is 0 Å². The zero-order chi connectivity index (χ0) is 13.1. The molecule has 0 aliphatic heterocycles. The Morgan fingerprint density at radius 1 is 1.22 bits per heavy atom. The van der Waals surface area contributed by atoms with Crippen LogP contribution in [0.5, 0.6) is 0 Å². The van der Waals surface area contributed by atoms with Gasteiger partial charge in [0.25, 0.3) is 0 Å². The molecule has 0 heterocycles. The summed E-state index contributed by atoms with van der Waals surface area (Å²) < 4.78 is 0. The van der Waals surface area contributed by atoms with Gasteiger partial charge in [0.15, 0.2) is 0 Å². The Kier molecular flexibility index (Phi) is 2.78. The summed E-state index contributed by atoms with van der Waals surface area (Å²) in [5, 5.41) is 2.65. The van der Waals surface area contributed by atoms with E-state index in [4.69, 9.17) is 12.2 Å². The van der Waals surface area contributed by atoms with Crippen molar-refractivity contribution in [1.29, 1.82) is 0 Å². The molecule has 0 N–H and O–H groups in total. The van der Waals surface area contributed by atoms with Gasteiger partial charge in [-0.05, 0) is 72.4 Å². The molecule has 6 unspecified atom stereocenters. The summed E-state index contributed by atoms with van der Waals surface area (Å²) in [6, 6.07) is 0.454. The summed E-state index contributed by atoms with van der Waals surface area (Å²) in [5.74, 6) is 3.63. The number of thiocarbonyl (C=S) groups is 1. The Bertz CT molecular complexity index is 411. The van der Waals surface area contributed by atoms with Gasteiger partial charge in [-0.3, -0.25) is 0 Å². The molecular formula is C16H25NS. The standard InChI is InChI=1S/C16H25NS/c1-10(2)11-6-15(3)8-16(4)7-12(11)13(15)5-14(16)17-9-18/h10-14H,5-8H2,1-4H3. The molecule has 18 heavy (non-hydrogen) atoms. The topological polar surface area (TPSA) is 12.4 Å². The first-order chi connectivity index (χ1) is 8.39. The summed E-state index contributed by atoms with van der Waals surface area (Å²) in [5.41, 5.74) is 0.976.